The van der Waals surface area contributed by atoms with Gasteiger partial charge in [0.25, 0.3) is 0 Å². The Morgan fingerprint density at radius 3 is 2.82 bits per heavy atom. The van der Waals surface area contributed by atoms with Crippen LogP contribution in [0.25, 0.3) is 22.2 Å². The minimum Gasteiger partial charge on any atom is -0.369 e. The van der Waals surface area contributed by atoms with Crippen molar-refractivity contribution in [3.63, 3.8) is 0 Å². The SMILES string of the molecule is Cc1cccc(-c2cc(NCCN(C)C)nc3[nH]ccc23)c1. The fourth-order valence-electron chi connectivity index (χ4n) is 2.59. The van der Waals surface area contributed by atoms with Gasteiger partial charge >= 0.3 is 0 Å². The second kappa shape index (κ2) is 6.20. The van der Waals surface area contributed by atoms with Gasteiger partial charge in [-0.1, -0.05) is 29.8 Å². The van der Waals surface area contributed by atoms with Gasteiger partial charge in [0.1, 0.15) is 11.5 Å². The number of likely N-dealkylation sites (N-methyl/N-ethyl adjacent to an activating group) is 1. The molecule has 114 valence electrons. The molecule has 0 aliphatic carbocycles. The van der Waals surface area contributed by atoms with Crippen LogP contribution in [0.15, 0.2) is 42.6 Å². The molecule has 3 rings (SSSR count). The number of aromatic amines is 1. The summed E-state index contributed by atoms with van der Waals surface area (Å²) in [6, 6.07) is 12.8. The van der Waals surface area contributed by atoms with Crippen LogP contribution in [0.5, 0.6) is 0 Å². The third-order valence-electron chi connectivity index (χ3n) is 3.72. The summed E-state index contributed by atoms with van der Waals surface area (Å²) >= 11 is 0. The van der Waals surface area contributed by atoms with Gasteiger partial charge in [0, 0.05) is 24.7 Å². The van der Waals surface area contributed by atoms with E-state index in [1.807, 2.05) is 6.20 Å². The molecule has 0 saturated carbocycles. The predicted octanol–water partition coefficient (Wildman–Crippen LogP) is 3.51. The highest BCUT2D eigenvalue weighted by molar-refractivity contribution is 5.94. The maximum atomic E-state index is 4.66. The largest absolute Gasteiger partial charge is 0.369 e. The van der Waals surface area contributed by atoms with Crippen LogP contribution in [-0.2, 0) is 0 Å². The van der Waals surface area contributed by atoms with Crippen LogP contribution in [0.1, 0.15) is 5.56 Å². The molecule has 1 aromatic carbocycles. The molecule has 0 unspecified atom stereocenters. The van der Waals surface area contributed by atoms with E-state index in [1.54, 1.807) is 0 Å². The fraction of sp³-hybridized carbons (Fsp3) is 0.278. The molecule has 0 spiro atoms. The number of hydrogen-bond donors (Lipinski definition) is 2. The summed E-state index contributed by atoms with van der Waals surface area (Å²) in [7, 11) is 4.14. The molecule has 0 aliphatic rings. The molecule has 0 atom stereocenters. The first-order valence-corrected chi connectivity index (χ1v) is 7.57. The zero-order valence-electron chi connectivity index (χ0n) is 13.4. The van der Waals surface area contributed by atoms with Crippen molar-refractivity contribution in [3.8, 4) is 11.1 Å². The summed E-state index contributed by atoms with van der Waals surface area (Å²) in [6.07, 6.45) is 1.95. The van der Waals surface area contributed by atoms with Gasteiger partial charge in [0.05, 0.1) is 0 Å². The molecule has 2 N–H and O–H groups in total. The van der Waals surface area contributed by atoms with E-state index in [4.69, 9.17) is 0 Å². The van der Waals surface area contributed by atoms with Crippen molar-refractivity contribution >= 4 is 16.9 Å². The molecule has 4 heteroatoms. The normalized spacial score (nSPS) is 11.3. The highest BCUT2D eigenvalue weighted by Crippen LogP contribution is 2.30. The number of aromatic nitrogens is 2. The van der Waals surface area contributed by atoms with Crippen LogP contribution in [-0.4, -0.2) is 42.1 Å². The van der Waals surface area contributed by atoms with Gasteiger partial charge in [-0.2, -0.15) is 0 Å². The van der Waals surface area contributed by atoms with E-state index < -0.39 is 0 Å². The van der Waals surface area contributed by atoms with Gasteiger partial charge in [-0.05, 0) is 44.3 Å². The van der Waals surface area contributed by atoms with E-state index in [1.165, 1.54) is 16.7 Å². The van der Waals surface area contributed by atoms with Crippen LogP contribution < -0.4 is 5.32 Å². The molecule has 3 aromatic rings. The predicted molar refractivity (Wildman–Crippen MR) is 93.3 cm³/mol. The van der Waals surface area contributed by atoms with Gasteiger partial charge in [0.15, 0.2) is 0 Å². The molecule has 0 bridgehead atoms. The number of rotatable bonds is 5. The number of nitrogens with zero attached hydrogens (tertiary/aromatic N) is 2. The number of pyridine rings is 1. The molecule has 22 heavy (non-hydrogen) atoms. The smallest absolute Gasteiger partial charge is 0.140 e. The number of nitrogens with one attached hydrogen (secondary N) is 2. The van der Waals surface area contributed by atoms with Crippen LogP contribution in [0.3, 0.4) is 0 Å². The van der Waals surface area contributed by atoms with E-state index in [0.29, 0.717) is 0 Å². The number of hydrogen-bond acceptors (Lipinski definition) is 3. The highest BCUT2D eigenvalue weighted by atomic mass is 15.1. The third-order valence-corrected chi connectivity index (χ3v) is 3.72. The zero-order chi connectivity index (χ0) is 15.5. The second-order valence-corrected chi connectivity index (χ2v) is 5.89. The molecule has 2 aromatic heterocycles. The van der Waals surface area contributed by atoms with Crippen molar-refractivity contribution < 1.29 is 0 Å². The van der Waals surface area contributed by atoms with E-state index >= 15 is 0 Å². The average molecular weight is 294 g/mol. The lowest BCUT2D eigenvalue weighted by atomic mass is 10.0. The number of H-pyrrole nitrogens is 1. The Morgan fingerprint density at radius 1 is 1.18 bits per heavy atom. The van der Waals surface area contributed by atoms with Crippen molar-refractivity contribution in [1.82, 2.24) is 14.9 Å². The molecule has 0 amide bonds. The Hall–Kier alpha value is -2.33. The van der Waals surface area contributed by atoms with Gasteiger partial charge in [0.2, 0.25) is 0 Å². The van der Waals surface area contributed by atoms with Crippen molar-refractivity contribution in [1.29, 1.82) is 0 Å². The fourth-order valence-corrected chi connectivity index (χ4v) is 2.59. The van der Waals surface area contributed by atoms with Crippen LogP contribution in [0.2, 0.25) is 0 Å². The van der Waals surface area contributed by atoms with Gasteiger partial charge in [-0.25, -0.2) is 4.98 Å². The number of anilines is 1. The summed E-state index contributed by atoms with van der Waals surface area (Å²) in [5.74, 6) is 0.910. The van der Waals surface area contributed by atoms with Gasteiger partial charge < -0.3 is 15.2 Å². The Bertz CT molecular complexity index is 774. The Kier molecular flexibility index (Phi) is 4.11. The van der Waals surface area contributed by atoms with Crippen LogP contribution in [0, 0.1) is 6.92 Å². The summed E-state index contributed by atoms with van der Waals surface area (Å²) < 4.78 is 0. The maximum absolute atomic E-state index is 4.66. The van der Waals surface area contributed by atoms with E-state index in [9.17, 15) is 0 Å². The molecule has 0 radical (unpaired) electrons. The summed E-state index contributed by atoms with van der Waals surface area (Å²) in [4.78, 5) is 10.0. The molecule has 0 aliphatic heterocycles. The van der Waals surface area contributed by atoms with Crippen molar-refractivity contribution in [2.45, 2.75) is 6.92 Å². The Labute approximate surface area is 131 Å². The minimum atomic E-state index is 0.874. The first-order chi connectivity index (χ1) is 10.6. The van der Waals surface area contributed by atoms with E-state index in [-0.39, 0.29) is 0 Å². The lowest BCUT2D eigenvalue weighted by Crippen LogP contribution is -2.21. The summed E-state index contributed by atoms with van der Waals surface area (Å²) in [6.45, 7) is 3.97. The number of aryl methyl sites for hydroxylation is 1. The first kappa shape index (κ1) is 14.6. The molecular weight excluding hydrogens is 272 g/mol. The molecule has 0 saturated heterocycles. The van der Waals surface area contributed by atoms with E-state index in [2.05, 4.69) is 77.6 Å². The summed E-state index contributed by atoms with van der Waals surface area (Å²) in [5.41, 5.74) is 4.62. The minimum absolute atomic E-state index is 0.874. The number of fused-ring (bicyclic) bond motifs is 1. The molecule has 0 fully saturated rings. The van der Waals surface area contributed by atoms with E-state index in [0.717, 1.165) is 29.9 Å². The van der Waals surface area contributed by atoms with Crippen molar-refractivity contribution in [2.24, 2.45) is 0 Å². The standard InChI is InChI=1S/C18H22N4/c1-13-5-4-6-14(11-13)16-12-17(19-9-10-22(2)3)21-18-15(16)7-8-20-18/h4-8,11-12H,9-10H2,1-3H3,(H2,19,20,21). The molecular formula is C18H22N4. The monoisotopic (exact) mass is 294 g/mol. The highest BCUT2D eigenvalue weighted by Gasteiger charge is 2.09. The lowest BCUT2D eigenvalue weighted by molar-refractivity contribution is 0.425. The molecule has 4 nitrogen and oxygen atoms in total. The Balaban J connectivity index is 1.99. The van der Waals surface area contributed by atoms with Crippen LogP contribution >= 0.6 is 0 Å². The van der Waals surface area contributed by atoms with Crippen molar-refractivity contribution in [3.05, 3.63) is 48.2 Å². The van der Waals surface area contributed by atoms with Gasteiger partial charge in [-0.15, -0.1) is 0 Å². The average Bonchev–Trinajstić information content (AvgIpc) is 2.94. The zero-order valence-corrected chi connectivity index (χ0v) is 13.4. The number of benzene rings is 1. The summed E-state index contributed by atoms with van der Waals surface area (Å²) in [5, 5.41) is 4.57. The van der Waals surface area contributed by atoms with Gasteiger partial charge in [-0.3, -0.25) is 0 Å². The van der Waals surface area contributed by atoms with Crippen molar-refractivity contribution in [2.75, 3.05) is 32.5 Å². The Morgan fingerprint density at radius 2 is 2.05 bits per heavy atom. The van der Waals surface area contributed by atoms with Crippen LogP contribution in [0.4, 0.5) is 5.82 Å². The lowest BCUT2D eigenvalue weighted by Gasteiger charge is -2.12. The third kappa shape index (κ3) is 3.12. The maximum Gasteiger partial charge on any atom is 0.140 e. The molecule has 2 heterocycles. The quantitative estimate of drug-likeness (QED) is 0.757. The second-order valence-electron chi connectivity index (χ2n) is 5.89. The first-order valence-electron chi connectivity index (χ1n) is 7.57. The topological polar surface area (TPSA) is 44.0 Å².